The van der Waals surface area contributed by atoms with Crippen molar-refractivity contribution < 1.29 is 13.9 Å². The standard InChI is InChI=1S/C24H20N6O3/c1-2-33-18-6-7-20-19(13-18)23(28-21-8-10-25-30-21)29-22(27-20)15-4-3-5-17(12-15)26-24(31)16-9-11-32-14-16/h3-14H,2H2,1H3,(H,26,31)(H2,25,27,28,29,30). The molecule has 0 fully saturated rings. The van der Waals surface area contributed by atoms with Crippen molar-refractivity contribution in [3.05, 3.63) is 78.9 Å². The zero-order valence-corrected chi connectivity index (χ0v) is 17.7. The van der Waals surface area contributed by atoms with E-state index in [-0.39, 0.29) is 5.91 Å². The van der Waals surface area contributed by atoms with Crippen LogP contribution in [0.1, 0.15) is 17.3 Å². The topological polar surface area (TPSA) is 118 Å². The molecule has 9 heteroatoms. The van der Waals surface area contributed by atoms with Crippen LogP contribution in [0.15, 0.2) is 77.7 Å². The van der Waals surface area contributed by atoms with Gasteiger partial charge in [0, 0.05) is 28.9 Å². The number of hydrogen-bond acceptors (Lipinski definition) is 7. The van der Waals surface area contributed by atoms with E-state index in [1.807, 2.05) is 49.4 Å². The molecule has 0 saturated carbocycles. The van der Waals surface area contributed by atoms with Gasteiger partial charge in [-0.15, -0.1) is 0 Å². The molecule has 3 aromatic heterocycles. The first-order chi connectivity index (χ1) is 16.2. The van der Waals surface area contributed by atoms with E-state index < -0.39 is 0 Å². The summed E-state index contributed by atoms with van der Waals surface area (Å²) in [7, 11) is 0. The van der Waals surface area contributed by atoms with Gasteiger partial charge in [-0.05, 0) is 43.3 Å². The van der Waals surface area contributed by atoms with Gasteiger partial charge >= 0.3 is 0 Å². The second kappa shape index (κ2) is 8.83. The third-order valence-electron chi connectivity index (χ3n) is 4.89. The normalized spacial score (nSPS) is 10.8. The highest BCUT2D eigenvalue weighted by Crippen LogP contribution is 2.30. The number of furan rings is 1. The number of anilines is 3. The molecule has 9 nitrogen and oxygen atoms in total. The molecule has 0 atom stereocenters. The first kappa shape index (κ1) is 20.3. The Bertz CT molecular complexity index is 1400. The Hall–Kier alpha value is -4.66. The van der Waals surface area contributed by atoms with Crippen LogP contribution in [0.2, 0.25) is 0 Å². The van der Waals surface area contributed by atoms with Gasteiger partial charge in [-0.3, -0.25) is 9.89 Å². The molecule has 0 aliphatic heterocycles. The molecule has 0 bridgehead atoms. The van der Waals surface area contributed by atoms with Crippen molar-refractivity contribution in [1.29, 1.82) is 0 Å². The fraction of sp³-hybridized carbons (Fsp3) is 0.0833. The maximum absolute atomic E-state index is 12.4. The minimum Gasteiger partial charge on any atom is -0.494 e. The number of H-pyrrole nitrogens is 1. The number of rotatable bonds is 7. The van der Waals surface area contributed by atoms with Gasteiger partial charge in [-0.25, -0.2) is 9.97 Å². The average molecular weight is 440 g/mol. The van der Waals surface area contributed by atoms with Gasteiger partial charge in [-0.1, -0.05) is 12.1 Å². The zero-order valence-electron chi connectivity index (χ0n) is 17.7. The van der Waals surface area contributed by atoms with Crippen LogP contribution in [-0.4, -0.2) is 32.7 Å². The first-order valence-corrected chi connectivity index (χ1v) is 10.3. The summed E-state index contributed by atoms with van der Waals surface area (Å²) in [5, 5.41) is 13.9. The number of hydrogen-bond donors (Lipinski definition) is 3. The van der Waals surface area contributed by atoms with Crippen molar-refractivity contribution in [2.45, 2.75) is 6.92 Å². The van der Waals surface area contributed by atoms with Gasteiger partial charge in [-0.2, -0.15) is 5.10 Å². The Balaban J connectivity index is 1.54. The molecule has 33 heavy (non-hydrogen) atoms. The number of nitrogens with one attached hydrogen (secondary N) is 3. The number of ether oxygens (including phenoxy) is 1. The van der Waals surface area contributed by atoms with Crippen LogP contribution < -0.4 is 15.4 Å². The second-order valence-electron chi connectivity index (χ2n) is 7.14. The monoisotopic (exact) mass is 440 g/mol. The fourth-order valence-electron chi connectivity index (χ4n) is 3.37. The number of fused-ring (bicyclic) bond motifs is 1. The highest BCUT2D eigenvalue weighted by molar-refractivity contribution is 6.04. The van der Waals surface area contributed by atoms with Crippen molar-refractivity contribution in [2.75, 3.05) is 17.2 Å². The van der Waals surface area contributed by atoms with Crippen molar-refractivity contribution in [1.82, 2.24) is 20.2 Å². The van der Waals surface area contributed by atoms with Crippen LogP contribution >= 0.6 is 0 Å². The summed E-state index contributed by atoms with van der Waals surface area (Å²) in [6.45, 7) is 2.49. The fourth-order valence-corrected chi connectivity index (χ4v) is 3.37. The minimum absolute atomic E-state index is 0.260. The molecule has 5 rings (SSSR count). The van der Waals surface area contributed by atoms with Crippen LogP contribution in [-0.2, 0) is 0 Å². The Kier molecular flexibility index (Phi) is 5.42. The number of carbonyl (C=O) groups excluding carboxylic acids is 1. The van der Waals surface area contributed by atoms with Gasteiger partial charge in [0.15, 0.2) is 11.6 Å². The predicted molar refractivity (Wildman–Crippen MR) is 125 cm³/mol. The van der Waals surface area contributed by atoms with Crippen LogP contribution in [0.3, 0.4) is 0 Å². The lowest BCUT2D eigenvalue weighted by molar-refractivity contribution is 0.102. The molecule has 0 spiro atoms. The van der Waals surface area contributed by atoms with Gasteiger partial charge in [0.25, 0.3) is 5.91 Å². The van der Waals surface area contributed by atoms with Crippen LogP contribution in [0, 0.1) is 0 Å². The molecule has 1 amide bonds. The van der Waals surface area contributed by atoms with Crippen LogP contribution in [0.25, 0.3) is 22.3 Å². The number of benzene rings is 2. The van der Waals surface area contributed by atoms with Gasteiger partial charge in [0.05, 0.1) is 24.0 Å². The summed E-state index contributed by atoms with van der Waals surface area (Å²) >= 11 is 0. The SMILES string of the molecule is CCOc1ccc2nc(-c3cccc(NC(=O)c4ccoc4)c3)nc(Nc3cc[nH]n3)c2c1. The molecule has 0 radical (unpaired) electrons. The number of carbonyl (C=O) groups is 1. The molecule has 3 N–H and O–H groups in total. The minimum atomic E-state index is -0.260. The van der Waals surface area contributed by atoms with Crippen LogP contribution in [0.5, 0.6) is 5.75 Å². The van der Waals surface area contributed by atoms with E-state index in [1.54, 1.807) is 18.3 Å². The molecular formula is C24H20N6O3. The summed E-state index contributed by atoms with van der Waals surface area (Å²) in [6, 6.07) is 16.5. The van der Waals surface area contributed by atoms with Crippen molar-refractivity contribution in [2.24, 2.45) is 0 Å². The largest absolute Gasteiger partial charge is 0.494 e. The number of amides is 1. The maximum atomic E-state index is 12.4. The zero-order chi connectivity index (χ0) is 22.6. The Labute approximate surface area is 188 Å². The smallest absolute Gasteiger partial charge is 0.258 e. The molecule has 164 valence electrons. The predicted octanol–water partition coefficient (Wildman–Crippen LogP) is 5.01. The average Bonchev–Trinajstić information content (AvgIpc) is 3.54. The maximum Gasteiger partial charge on any atom is 0.258 e. The summed E-state index contributed by atoms with van der Waals surface area (Å²) in [4.78, 5) is 21.9. The van der Waals surface area contributed by atoms with E-state index in [9.17, 15) is 4.79 Å². The van der Waals surface area contributed by atoms with Crippen molar-refractivity contribution in [3.8, 4) is 17.1 Å². The third-order valence-corrected chi connectivity index (χ3v) is 4.89. The lowest BCUT2D eigenvalue weighted by atomic mass is 10.1. The molecule has 3 heterocycles. The van der Waals surface area contributed by atoms with E-state index in [2.05, 4.69) is 20.8 Å². The summed E-state index contributed by atoms with van der Waals surface area (Å²) in [6.07, 6.45) is 4.58. The Morgan fingerprint density at radius 2 is 2.06 bits per heavy atom. The Morgan fingerprint density at radius 3 is 2.85 bits per heavy atom. The van der Waals surface area contributed by atoms with E-state index in [1.165, 1.54) is 12.5 Å². The van der Waals surface area contributed by atoms with Crippen molar-refractivity contribution >= 4 is 34.1 Å². The summed E-state index contributed by atoms with van der Waals surface area (Å²) in [5.41, 5.74) is 2.56. The quantitative estimate of drug-likeness (QED) is 0.326. The number of nitrogens with zero attached hydrogens (tertiary/aromatic N) is 3. The van der Waals surface area contributed by atoms with Gasteiger partial charge in [0.1, 0.15) is 17.8 Å². The molecule has 0 aliphatic rings. The lowest BCUT2D eigenvalue weighted by Crippen LogP contribution is -2.10. The molecular weight excluding hydrogens is 420 g/mol. The van der Waals surface area contributed by atoms with E-state index in [4.69, 9.17) is 19.1 Å². The van der Waals surface area contributed by atoms with Gasteiger partial charge in [0.2, 0.25) is 0 Å². The molecule has 0 unspecified atom stereocenters. The highest BCUT2D eigenvalue weighted by atomic mass is 16.5. The molecule has 0 aliphatic carbocycles. The number of aromatic nitrogens is 4. The molecule has 5 aromatic rings. The highest BCUT2D eigenvalue weighted by Gasteiger charge is 2.13. The molecule has 0 saturated heterocycles. The first-order valence-electron chi connectivity index (χ1n) is 10.3. The Morgan fingerprint density at radius 1 is 1.12 bits per heavy atom. The van der Waals surface area contributed by atoms with Gasteiger partial charge < -0.3 is 19.8 Å². The van der Waals surface area contributed by atoms with Crippen molar-refractivity contribution in [3.63, 3.8) is 0 Å². The van der Waals surface area contributed by atoms with Crippen LogP contribution in [0.4, 0.5) is 17.3 Å². The third kappa shape index (κ3) is 4.38. The van der Waals surface area contributed by atoms with E-state index in [0.29, 0.717) is 35.3 Å². The number of aromatic amines is 1. The second-order valence-corrected chi connectivity index (χ2v) is 7.14. The van der Waals surface area contributed by atoms with E-state index >= 15 is 0 Å². The summed E-state index contributed by atoms with van der Waals surface area (Å²) < 4.78 is 10.6. The summed E-state index contributed by atoms with van der Waals surface area (Å²) in [5.74, 6) is 2.20. The lowest BCUT2D eigenvalue weighted by Gasteiger charge is -2.12. The molecule has 2 aromatic carbocycles. The van der Waals surface area contributed by atoms with E-state index in [0.717, 1.165) is 22.2 Å².